The highest BCUT2D eigenvalue weighted by Crippen LogP contribution is 2.46. The number of nitrogens with zero attached hydrogens (tertiary/aromatic N) is 1. The molecule has 0 radical (unpaired) electrons. The highest BCUT2D eigenvalue weighted by Gasteiger charge is 2.35. The summed E-state index contributed by atoms with van der Waals surface area (Å²) in [6, 6.07) is 7.22. The van der Waals surface area contributed by atoms with Crippen LogP contribution in [0.2, 0.25) is 0 Å². The Kier molecular flexibility index (Phi) is 8.36. The fraction of sp³-hybridized carbons (Fsp3) is 0.412. The smallest absolute Gasteiger partial charge is 0.0236 e. The zero-order valence-corrected chi connectivity index (χ0v) is 22.7. The van der Waals surface area contributed by atoms with Gasteiger partial charge >= 0.3 is 0 Å². The summed E-state index contributed by atoms with van der Waals surface area (Å²) in [4.78, 5) is 2.62. The van der Waals surface area contributed by atoms with Gasteiger partial charge in [-0.05, 0) is 111 Å². The van der Waals surface area contributed by atoms with Crippen molar-refractivity contribution in [3.05, 3.63) is 114 Å². The Bertz CT molecular complexity index is 1130. The molecule has 190 valence electrons. The Balaban J connectivity index is 1.39. The largest absolute Gasteiger partial charge is 0.363 e. The summed E-state index contributed by atoms with van der Waals surface area (Å²) in [5.41, 5.74) is 12.0. The van der Waals surface area contributed by atoms with E-state index in [4.69, 9.17) is 0 Å². The van der Waals surface area contributed by atoms with Gasteiger partial charge in [0.1, 0.15) is 0 Å². The number of benzene rings is 1. The van der Waals surface area contributed by atoms with E-state index in [9.17, 15) is 0 Å². The normalized spacial score (nSPS) is 23.6. The van der Waals surface area contributed by atoms with Crippen LogP contribution in [0.15, 0.2) is 96.9 Å². The molecule has 2 heterocycles. The third kappa shape index (κ3) is 5.60. The highest BCUT2D eigenvalue weighted by atomic mass is 15.1. The Morgan fingerprint density at radius 2 is 1.83 bits per heavy atom. The van der Waals surface area contributed by atoms with Crippen molar-refractivity contribution in [3.63, 3.8) is 0 Å². The number of piperidine rings is 2. The summed E-state index contributed by atoms with van der Waals surface area (Å²) >= 11 is 0. The fourth-order valence-electron chi connectivity index (χ4n) is 6.38. The third-order valence-electron chi connectivity index (χ3n) is 8.48. The summed E-state index contributed by atoms with van der Waals surface area (Å²) in [6.07, 6.45) is 14.1. The molecular formula is C34H44N2. The van der Waals surface area contributed by atoms with Gasteiger partial charge in [0.2, 0.25) is 0 Å². The van der Waals surface area contributed by atoms with E-state index in [1.165, 1.54) is 51.8 Å². The molecule has 0 saturated carbocycles. The Morgan fingerprint density at radius 1 is 1.08 bits per heavy atom. The number of hydrogen-bond donors (Lipinski definition) is 1. The van der Waals surface area contributed by atoms with E-state index in [0.717, 1.165) is 50.3 Å². The van der Waals surface area contributed by atoms with E-state index in [1.54, 1.807) is 0 Å². The molecule has 2 fully saturated rings. The number of fused-ring (bicyclic) bond motifs is 1. The number of nitrogens with one attached hydrogen (secondary N) is 1. The molecule has 4 rings (SSSR count). The van der Waals surface area contributed by atoms with Crippen LogP contribution in [0, 0.1) is 11.8 Å². The van der Waals surface area contributed by atoms with Crippen molar-refractivity contribution in [2.45, 2.75) is 58.8 Å². The molecule has 1 aromatic rings. The Labute approximate surface area is 219 Å². The lowest BCUT2D eigenvalue weighted by molar-refractivity contribution is 0.229. The van der Waals surface area contributed by atoms with Crippen LogP contribution < -0.4 is 5.32 Å². The molecule has 1 aromatic carbocycles. The van der Waals surface area contributed by atoms with Gasteiger partial charge < -0.3 is 5.32 Å². The van der Waals surface area contributed by atoms with Gasteiger partial charge in [-0.25, -0.2) is 0 Å². The number of hydrogen-bond acceptors (Lipinski definition) is 2. The lowest BCUT2D eigenvalue weighted by Crippen LogP contribution is -2.34. The second-order valence-corrected chi connectivity index (χ2v) is 11.0. The van der Waals surface area contributed by atoms with Crippen LogP contribution in [0.1, 0.15) is 69.1 Å². The predicted molar refractivity (Wildman–Crippen MR) is 157 cm³/mol. The van der Waals surface area contributed by atoms with Crippen molar-refractivity contribution in [1.29, 1.82) is 0 Å². The average molecular weight is 481 g/mol. The molecule has 0 aromatic heterocycles. The van der Waals surface area contributed by atoms with Gasteiger partial charge in [-0.2, -0.15) is 0 Å². The summed E-state index contributed by atoms with van der Waals surface area (Å²) in [5.74, 6) is 1.56. The van der Waals surface area contributed by atoms with Crippen LogP contribution in [0.4, 0.5) is 0 Å². The Hall–Kier alpha value is -2.84. The number of likely N-dealkylation sites (tertiary alicyclic amines) is 1. The van der Waals surface area contributed by atoms with Crippen molar-refractivity contribution >= 4 is 5.57 Å². The van der Waals surface area contributed by atoms with E-state index < -0.39 is 0 Å². The molecule has 2 saturated heterocycles. The minimum atomic E-state index is 0.454. The van der Waals surface area contributed by atoms with Crippen LogP contribution in [-0.2, 0) is 6.42 Å². The van der Waals surface area contributed by atoms with Crippen LogP contribution in [0.25, 0.3) is 5.57 Å². The lowest BCUT2D eigenvalue weighted by Gasteiger charge is -2.33. The third-order valence-corrected chi connectivity index (χ3v) is 8.48. The average Bonchev–Trinajstić information content (AvgIpc) is 3.19. The van der Waals surface area contributed by atoms with E-state index in [0.29, 0.717) is 17.8 Å². The predicted octanol–water partition coefficient (Wildman–Crippen LogP) is 8.10. The first-order valence-electron chi connectivity index (χ1n) is 13.6. The summed E-state index contributed by atoms with van der Waals surface area (Å²) < 4.78 is 0. The molecule has 2 heteroatoms. The molecule has 2 nitrogen and oxygen atoms in total. The molecular weight excluding hydrogens is 436 g/mol. The van der Waals surface area contributed by atoms with Crippen LogP contribution in [-0.4, -0.2) is 24.5 Å². The molecule has 36 heavy (non-hydrogen) atoms. The van der Waals surface area contributed by atoms with Crippen LogP contribution in [0.5, 0.6) is 0 Å². The zero-order chi connectivity index (χ0) is 25.8. The molecule has 2 atom stereocenters. The molecule has 3 aliphatic rings. The van der Waals surface area contributed by atoms with Crippen LogP contribution in [0.3, 0.4) is 0 Å². The minimum Gasteiger partial charge on any atom is -0.363 e. The van der Waals surface area contributed by atoms with Crippen molar-refractivity contribution in [2.75, 3.05) is 19.6 Å². The maximum Gasteiger partial charge on any atom is 0.0236 e. The second-order valence-electron chi connectivity index (χ2n) is 11.0. The van der Waals surface area contributed by atoms with Crippen molar-refractivity contribution in [2.24, 2.45) is 11.8 Å². The second kappa shape index (κ2) is 11.5. The summed E-state index contributed by atoms with van der Waals surface area (Å²) in [7, 11) is 0. The number of allylic oxidation sites excluding steroid dienone is 8. The first-order chi connectivity index (χ1) is 17.3. The standard InChI is InChI=1S/C34H44N2/c1-8-10-11-31(23(3)4)27(9-2)22-36-18-16-28(17-19-36)29-13-15-32-25(6)34(21-30(32)20-29)33-14-12-24(5)35-26(33)7/h8-11,13,15,20,28,33-35H,1,5-7,12,14,16-19,21-22H2,2-4H3/b11-10-,27-9-. The van der Waals surface area contributed by atoms with Crippen molar-refractivity contribution in [3.8, 4) is 0 Å². The maximum absolute atomic E-state index is 4.52. The van der Waals surface area contributed by atoms with E-state index in [1.807, 2.05) is 12.2 Å². The molecule has 1 N–H and O–H groups in total. The van der Waals surface area contributed by atoms with Crippen LogP contribution >= 0.6 is 0 Å². The molecule has 2 aliphatic heterocycles. The van der Waals surface area contributed by atoms with E-state index in [2.05, 4.69) is 87.7 Å². The molecule has 2 unspecified atom stereocenters. The SMILES string of the molecule is C=C/C=C\C(=C(C)C)/C(=C\C)CN1CCC(c2ccc3c(c2)CC(C2CCC(=C)NC2=C)C3=C)CC1. The lowest BCUT2D eigenvalue weighted by atomic mass is 9.80. The van der Waals surface area contributed by atoms with E-state index in [-0.39, 0.29) is 0 Å². The molecule has 1 aliphatic carbocycles. The summed E-state index contributed by atoms with van der Waals surface area (Å²) in [6.45, 7) is 26.6. The van der Waals surface area contributed by atoms with Gasteiger partial charge in [0.25, 0.3) is 0 Å². The summed E-state index contributed by atoms with van der Waals surface area (Å²) in [5, 5.41) is 3.41. The monoisotopic (exact) mass is 480 g/mol. The quantitative estimate of drug-likeness (QED) is 0.397. The minimum absolute atomic E-state index is 0.454. The van der Waals surface area contributed by atoms with Gasteiger partial charge in [-0.1, -0.05) is 74.4 Å². The Morgan fingerprint density at radius 3 is 2.47 bits per heavy atom. The van der Waals surface area contributed by atoms with Crippen molar-refractivity contribution in [1.82, 2.24) is 10.2 Å². The van der Waals surface area contributed by atoms with Gasteiger partial charge in [0, 0.05) is 23.9 Å². The van der Waals surface area contributed by atoms with Gasteiger partial charge in [0.15, 0.2) is 0 Å². The van der Waals surface area contributed by atoms with Crippen molar-refractivity contribution < 1.29 is 0 Å². The first-order valence-corrected chi connectivity index (χ1v) is 13.6. The maximum atomic E-state index is 4.52. The fourth-order valence-corrected chi connectivity index (χ4v) is 6.38. The number of rotatable bonds is 7. The topological polar surface area (TPSA) is 15.3 Å². The van der Waals surface area contributed by atoms with E-state index >= 15 is 0 Å². The molecule has 0 spiro atoms. The van der Waals surface area contributed by atoms with Gasteiger partial charge in [-0.3, -0.25) is 4.90 Å². The highest BCUT2D eigenvalue weighted by molar-refractivity contribution is 5.74. The molecule has 0 bridgehead atoms. The zero-order valence-electron chi connectivity index (χ0n) is 22.7. The first kappa shape index (κ1) is 26.2. The van der Waals surface area contributed by atoms with Gasteiger partial charge in [-0.15, -0.1) is 0 Å². The molecule has 0 amide bonds. The van der Waals surface area contributed by atoms with Gasteiger partial charge in [0.05, 0.1) is 0 Å².